The van der Waals surface area contributed by atoms with Gasteiger partial charge in [0.25, 0.3) is 0 Å². The highest BCUT2D eigenvalue weighted by Gasteiger charge is 2.23. The van der Waals surface area contributed by atoms with Crippen LogP contribution in [0.5, 0.6) is 11.5 Å². The number of hydrogen-bond donors (Lipinski definition) is 0. The standard InChI is InChI=1S/C25H22N2O5S/c1-5-10-32-21-9-8-17(12-22(21)30-6-2)11-18(14-26)20(28)13-23-19(15-27)16(4)24(33-23)25(29)31-7-3/h1,8-9,11-12H,6-7,10,13H2,2-4H3/b18-11+. The number of rotatable bonds is 10. The molecule has 0 saturated heterocycles. The van der Waals surface area contributed by atoms with Gasteiger partial charge in [-0.3, -0.25) is 4.79 Å². The van der Waals surface area contributed by atoms with Gasteiger partial charge >= 0.3 is 5.97 Å². The quantitative estimate of drug-likeness (QED) is 0.225. The fourth-order valence-electron chi connectivity index (χ4n) is 2.94. The zero-order chi connectivity index (χ0) is 24.4. The summed E-state index contributed by atoms with van der Waals surface area (Å²) in [6.45, 7) is 5.80. The normalized spacial score (nSPS) is 10.5. The third kappa shape index (κ3) is 6.23. The van der Waals surface area contributed by atoms with E-state index in [4.69, 9.17) is 20.6 Å². The summed E-state index contributed by atoms with van der Waals surface area (Å²) in [6, 6.07) is 8.93. The maximum atomic E-state index is 12.9. The Morgan fingerprint density at radius 1 is 1.15 bits per heavy atom. The average Bonchev–Trinajstić information content (AvgIpc) is 3.11. The molecular weight excluding hydrogens is 440 g/mol. The van der Waals surface area contributed by atoms with Crippen molar-refractivity contribution in [3.63, 3.8) is 0 Å². The third-order valence-corrected chi connectivity index (χ3v) is 5.70. The van der Waals surface area contributed by atoms with Gasteiger partial charge in [0.15, 0.2) is 17.3 Å². The van der Waals surface area contributed by atoms with Crippen molar-refractivity contribution < 1.29 is 23.8 Å². The lowest BCUT2D eigenvalue weighted by Gasteiger charge is -2.11. The first kappa shape index (κ1) is 25.2. The average molecular weight is 463 g/mol. The van der Waals surface area contributed by atoms with Crippen molar-refractivity contribution in [3.8, 4) is 36.0 Å². The minimum Gasteiger partial charge on any atom is -0.490 e. The number of carbonyl (C=O) groups is 2. The summed E-state index contributed by atoms with van der Waals surface area (Å²) in [5, 5.41) is 19.1. The van der Waals surface area contributed by atoms with Crippen LogP contribution in [-0.2, 0) is 16.0 Å². The predicted molar refractivity (Wildman–Crippen MR) is 124 cm³/mol. The van der Waals surface area contributed by atoms with Crippen LogP contribution < -0.4 is 9.47 Å². The molecule has 1 aromatic heterocycles. The van der Waals surface area contributed by atoms with Crippen molar-refractivity contribution in [1.29, 1.82) is 10.5 Å². The van der Waals surface area contributed by atoms with E-state index in [2.05, 4.69) is 5.92 Å². The van der Waals surface area contributed by atoms with Crippen LogP contribution in [0.3, 0.4) is 0 Å². The number of benzene rings is 1. The molecule has 1 aromatic carbocycles. The van der Waals surface area contributed by atoms with E-state index in [1.807, 2.05) is 19.1 Å². The Balaban J connectivity index is 2.34. The highest BCUT2D eigenvalue weighted by Crippen LogP contribution is 2.31. The smallest absolute Gasteiger partial charge is 0.348 e. The third-order valence-electron chi connectivity index (χ3n) is 4.42. The maximum absolute atomic E-state index is 12.9. The van der Waals surface area contributed by atoms with Crippen molar-refractivity contribution >= 4 is 29.2 Å². The van der Waals surface area contributed by atoms with Crippen molar-refractivity contribution in [1.82, 2.24) is 0 Å². The van der Waals surface area contributed by atoms with Gasteiger partial charge in [-0.15, -0.1) is 17.8 Å². The lowest BCUT2D eigenvalue weighted by atomic mass is 10.0. The van der Waals surface area contributed by atoms with Crippen LogP contribution in [0.1, 0.15) is 45.1 Å². The van der Waals surface area contributed by atoms with E-state index in [9.17, 15) is 20.1 Å². The SMILES string of the molecule is C#CCOc1ccc(/C=C(\C#N)C(=O)Cc2sc(C(=O)OCC)c(C)c2C#N)cc1OCC. The highest BCUT2D eigenvalue weighted by atomic mass is 32.1. The van der Waals surface area contributed by atoms with Crippen LogP contribution in [0.25, 0.3) is 6.08 Å². The Morgan fingerprint density at radius 2 is 1.91 bits per heavy atom. The second kappa shape index (κ2) is 12.1. The van der Waals surface area contributed by atoms with Crippen LogP contribution in [0.4, 0.5) is 0 Å². The molecule has 0 aliphatic carbocycles. The summed E-state index contributed by atoms with van der Waals surface area (Å²) in [6.07, 6.45) is 6.48. The van der Waals surface area contributed by atoms with E-state index in [0.29, 0.717) is 34.1 Å². The molecule has 0 atom stereocenters. The van der Waals surface area contributed by atoms with Crippen molar-refractivity contribution in [2.24, 2.45) is 0 Å². The van der Waals surface area contributed by atoms with Gasteiger partial charge in [0.05, 0.1) is 24.4 Å². The number of ketones is 1. The summed E-state index contributed by atoms with van der Waals surface area (Å²) < 4.78 is 16.0. The number of hydrogen-bond acceptors (Lipinski definition) is 8. The zero-order valence-corrected chi connectivity index (χ0v) is 19.4. The van der Waals surface area contributed by atoms with Gasteiger partial charge in [0.1, 0.15) is 23.6 Å². The zero-order valence-electron chi connectivity index (χ0n) is 18.6. The van der Waals surface area contributed by atoms with Gasteiger partial charge < -0.3 is 14.2 Å². The molecule has 0 aliphatic rings. The molecule has 1 heterocycles. The van der Waals surface area contributed by atoms with E-state index in [0.717, 1.165) is 11.3 Å². The molecule has 2 rings (SSSR count). The molecule has 0 radical (unpaired) electrons. The van der Waals surface area contributed by atoms with Crippen LogP contribution in [0.2, 0.25) is 0 Å². The molecule has 0 aliphatic heterocycles. The van der Waals surface area contributed by atoms with Gasteiger partial charge in [-0.2, -0.15) is 10.5 Å². The molecular formula is C25H22N2O5S. The number of terminal acetylenes is 1. The number of thiophene rings is 1. The molecule has 0 N–H and O–H groups in total. The fourth-order valence-corrected chi connectivity index (χ4v) is 4.09. The summed E-state index contributed by atoms with van der Waals surface area (Å²) in [5.41, 5.74) is 1.19. The number of ether oxygens (including phenoxy) is 3. The highest BCUT2D eigenvalue weighted by molar-refractivity contribution is 7.14. The number of allylic oxidation sites excluding steroid dienone is 1. The topological polar surface area (TPSA) is 109 Å². The van der Waals surface area contributed by atoms with Crippen LogP contribution in [-0.4, -0.2) is 31.6 Å². The summed E-state index contributed by atoms with van der Waals surface area (Å²) >= 11 is 1.03. The van der Waals surface area contributed by atoms with Crippen molar-refractivity contribution in [2.75, 3.05) is 19.8 Å². The molecule has 7 nitrogen and oxygen atoms in total. The Morgan fingerprint density at radius 3 is 2.52 bits per heavy atom. The summed E-state index contributed by atoms with van der Waals surface area (Å²) in [4.78, 5) is 25.7. The lowest BCUT2D eigenvalue weighted by molar-refractivity contribution is -0.114. The van der Waals surface area contributed by atoms with Gasteiger partial charge in [-0.05, 0) is 50.1 Å². The first-order valence-corrected chi connectivity index (χ1v) is 10.9. The number of Topliss-reactive ketones (excluding diaryl/α,β-unsaturated/α-hetero) is 1. The van der Waals surface area contributed by atoms with E-state index >= 15 is 0 Å². The number of carbonyl (C=O) groups excluding carboxylic acids is 2. The van der Waals surface area contributed by atoms with Gasteiger partial charge in [-0.25, -0.2) is 4.79 Å². The molecule has 33 heavy (non-hydrogen) atoms. The molecule has 8 heteroatoms. The number of nitriles is 2. The molecule has 0 saturated carbocycles. The second-order valence-corrected chi connectivity index (χ2v) is 7.69. The Bertz CT molecular complexity index is 1210. The molecule has 0 amide bonds. The van der Waals surface area contributed by atoms with E-state index in [-0.39, 0.29) is 35.6 Å². The van der Waals surface area contributed by atoms with Crippen molar-refractivity contribution in [3.05, 3.63) is 50.2 Å². The molecule has 0 bridgehead atoms. The van der Waals surface area contributed by atoms with E-state index in [1.165, 1.54) is 6.08 Å². The predicted octanol–water partition coefficient (Wildman–Crippen LogP) is 4.23. The second-order valence-electron chi connectivity index (χ2n) is 6.59. The Kier molecular flexibility index (Phi) is 9.24. The molecule has 168 valence electrons. The molecule has 2 aromatic rings. The van der Waals surface area contributed by atoms with Crippen molar-refractivity contribution in [2.45, 2.75) is 27.2 Å². The van der Waals surface area contributed by atoms with Gasteiger partial charge in [0.2, 0.25) is 0 Å². The Labute approximate surface area is 196 Å². The summed E-state index contributed by atoms with van der Waals surface area (Å²) in [5.74, 6) is 2.26. The van der Waals surface area contributed by atoms with Gasteiger partial charge in [-0.1, -0.05) is 12.0 Å². The Hall–Kier alpha value is -4.06. The largest absolute Gasteiger partial charge is 0.490 e. The van der Waals surface area contributed by atoms with Crippen LogP contribution in [0, 0.1) is 41.9 Å². The fraction of sp³-hybridized carbons (Fsp3) is 0.280. The molecule has 0 spiro atoms. The van der Waals surface area contributed by atoms with Gasteiger partial charge in [0, 0.05) is 11.3 Å². The lowest BCUT2D eigenvalue weighted by Crippen LogP contribution is -2.05. The number of esters is 1. The first-order valence-electron chi connectivity index (χ1n) is 10.1. The monoisotopic (exact) mass is 462 g/mol. The van der Waals surface area contributed by atoms with E-state index < -0.39 is 11.8 Å². The van der Waals surface area contributed by atoms with Crippen LogP contribution >= 0.6 is 11.3 Å². The number of nitrogens with zero attached hydrogens (tertiary/aromatic N) is 2. The molecule has 0 unspecified atom stereocenters. The minimum atomic E-state index is -0.540. The minimum absolute atomic E-state index is 0.0758. The first-order chi connectivity index (χ1) is 15.9. The molecule has 0 fully saturated rings. The maximum Gasteiger partial charge on any atom is 0.348 e. The summed E-state index contributed by atoms with van der Waals surface area (Å²) in [7, 11) is 0. The van der Waals surface area contributed by atoms with Crippen LogP contribution in [0.15, 0.2) is 23.8 Å². The van der Waals surface area contributed by atoms with E-state index in [1.54, 1.807) is 32.0 Å².